The molecule has 0 spiro atoms. The minimum atomic E-state index is 0.897. The van der Waals surface area contributed by atoms with E-state index >= 15 is 0 Å². The molecule has 0 saturated heterocycles. The molecule has 0 unspecified atom stereocenters. The number of rotatable bonds is 4. The molecule has 0 aliphatic rings. The Balaban J connectivity index is 1.78. The first-order valence-electron chi connectivity index (χ1n) is 6.09. The molecule has 0 atom stereocenters. The Labute approximate surface area is 116 Å². The molecule has 0 N–H and O–H groups in total. The average molecular weight is 267 g/mol. The lowest BCUT2D eigenvalue weighted by Gasteiger charge is -2.02. The van der Waals surface area contributed by atoms with Crippen LogP contribution < -0.4 is 0 Å². The van der Waals surface area contributed by atoms with Crippen molar-refractivity contribution in [3.8, 4) is 11.3 Å². The molecule has 0 fully saturated rings. The molecule has 0 saturated carbocycles. The fourth-order valence-corrected chi connectivity index (χ4v) is 2.78. The Bertz CT molecular complexity index is 634. The minimum Gasteiger partial charge on any atom is -0.457 e. The maximum atomic E-state index is 5.56. The summed E-state index contributed by atoms with van der Waals surface area (Å²) in [6, 6.07) is 18.2. The monoisotopic (exact) mass is 267 g/mol. The first-order chi connectivity index (χ1) is 9.43. The second kappa shape index (κ2) is 5.76. The number of pyridine rings is 1. The molecule has 2 aromatic heterocycles. The van der Waals surface area contributed by atoms with Crippen LogP contribution in [0.25, 0.3) is 11.3 Å². The number of hydrogen-bond donors (Lipinski definition) is 0. The summed E-state index contributed by atoms with van der Waals surface area (Å²) in [5.41, 5.74) is 3.30. The van der Waals surface area contributed by atoms with Crippen LogP contribution in [-0.2, 0) is 5.75 Å². The first kappa shape index (κ1) is 12.1. The van der Waals surface area contributed by atoms with E-state index in [1.54, 1.807) is 24.2 Å². The number of hydrogen-bond acceptors (Lipinski definition) is 3. The van der Waals surface area contributed by atoms with Gasteiger partial charge in [-0.15, -0.1) is 0 Å². The highest BCUT2D eigenvalue weighted by Gasteiger charge is 2.10. The standard InChI is InChI=1S/C16H13NOS/c1-2-6-13(7-3-1)12-19-16-14(9-11-18-16)15-8-4-5-10-17-15/h1-11H,12H2. The van der Waals surface area contributed by atoms with Crippen molar-refractivity contribution >= 4 is 11.8 Å². The number of nitrogens with zero attached hydrogens (tertiary/aromatic N) is 1. The molecule has 0 amide bonds. The number of benzene rings is 1. The van der Waals surface area contributed by atoms with Crippen LogP contribution in [0, 0.1) is 0 Å². The van der Waals surface area contributed by atoms with Crippen molar-refractivity contribution in [2.24, 2.45) is 0 Å². The van der Waals surface area contributed by atoms with Gasteiger partial charge in [0.05, 0.1) is 17.5 Å². The third-order valence-corrected chi connectivity index (χ3v) is 3.84. The Kier molecular flexibility index (Phi) is 3.65. The van der Waals surface area contributed by atoms with Crippen LogP contribution in [0.1, 0.15) is 5.56 Å². The van der Waals surface area contributed by atoms with Crippen LogP contribution >= 0.6 is 11.8 Å². The molecule has 94 valence electrons. The maximum absolute atomic E-state index is 5.56. The largest absolute Gasteiger partial charge is 0.457 e. The Hall–Kier alpha value is -2.00. The highest BCUT2D eigenvalue weighted by atomic mass is 32.2. The van der Waals surface area contributed by atoms with Gasteiger partial charge in [0.15, 0.2) is 5.09 Å². The SMILES string of the molecule is c1ccc(CSc2occc2-c2ccccn2)cc1. The fourth-order valence-electron chi connectivity index (χ4n) is 1.84. The van der Waals surface area contributed by atoms with Crippen LogP contribution in [0.5, 0.6) is 0 Å². The second-order valence-corrected chi connectivity index (χ2v) is 5.06. The van der Waals surface area contributed by atoms with Crippen molar-refractivity contribution in [3.05, 3.63) is 72.6 Å². The topological polar surface area (TPSA) is 26.0 Å². The van der Waals surface area contributed by atoms with E-state index in [1.165, 1.54) is 5.56 Å². The Morgan fingerprint density at radius 1 is 0.947 bits per heavy atom. The first-order valence-corrected chi connectivity index (χ1v) is 7.07. The van der Waals surface area contributed by atoms with E-state index < -0.39 is 0 Å². The molecule has 0 aliphatic heterocycles. The summed E-state index contributed by atoms with van der Waals surface area (Å²) in [7, 11) is 0. The van der Waals surface area contributed by atoms with E-state index in [4.69, 9.17) is 4.42 Å². The highest BCUT2D eigenvalue weighted by molar-refractivity contribution is 7.98. The van der Waals surface area contributed by atoms with E-state index in [2.05, 4.69) is 29.2 Å². The molecule has 19 heavy (non-hydrogen) atoms. The molecule has 2 nitrogen and oxygen atoms in total. The maximum Gasteiger partial charge on any atom is 0.169 e. The van der Waals surface area contributed by atoms with Crippen molar-refractivity contribution < 1.29 is 4.42 Å². The Morgan fingerprint density at radius 3 is 2.58 bits per heavy atom. The van der Waals surface area contributed by atoms with Crippen molar-refractivity contribution in [1.82, 2.24) is 4.98 Å². The van der Waals surface area contributed by atoms with Gasteiger partial charge in [0.2, 0.25) is 0 Å². The third-order valence-electron chi connectivity index (χ3n) is 2.78. The van der Waals surface area contributed by atoms with Crippen molar-refractivity contribution in [2.75, 3.05) is 0 Å². The van der Waals surface area contributed by atoms with Crippen LogP contribution in [0.2, 0.25) is 0 Å². The van der Waals surface area contributed by atoms with Gasteiger partial charge in [-0.25, -0.2) is 0 Å². The minimum absolute atomic E-state index is 0.897. The molecule has 3 aromatic rings. The molecular formula is C16H13NOS. The molecule has 2 heterocycles. The summed E-state index contributed by atoms with van der Waals surface area (Å²) >= 11 is 1.69. The zero-order valence-corrected chi connectivity index (χ0v) is 11.1. The van der Waals surface area contributed by atoms with Gasteiger partial charge >= 0.3 is 0 Å². The van der Waals surface area contributed by atoms with Crippen molar-refractivity contribution in [3.63, 3.8) is 0 Å². The quantitative estimate of drug-likeness (QED) is 0.644. The predicted molar refractivity (Wildman–Crippen MR) is 77.9 cm³/mol. The number of thioether (sulfide) groups is 1. The summed E-state index contributed by atoms with van der Waals surface area (Å²) in [5.74, 6) is 0.897. The van der Waals surface area contributed by atoms with Gasteiger partial charge < -0.3 is 4.42 Å². The van der Waals surface area contributed by atoms with E-state index in [-0.39, 0.29) is 0 Å². The lowest BCUT2D eigenvalue weighted by molar-refractivity contribution is 0.476. The summed E-state index contributed by atoms with van der Waals surface area (Å²) in [4.78, 5) is 4.36. The predicted octanol–water partition coefficient (Wildman–Crippen LogP) is 4.63. The summed E-state index contributed by atoms with van der Waals surface area (Å²) in [5, 5.41) is 0.919. The molecule has 3 heteroatoms. The Morgan fingerprint density at radius 2 is 1.79 bits per heavy atom. The summed E-state index contributed by atoms with van der Waals surface area (Å²) in [6.45, 7) is 0. The fraction of sp³-hybridized carbons (Fsp3) is 0.0625. The van der Waals surface area contributed by atoms with Crippen molar-refractivity contribution in [2.45, 2.75) is 10.8 Å². The van der Waals surface area contributed by atoms with Gasteiger partial charge in [0, 0.05) is 11.9 Å². The summed E-state index contributed by atoms with van der Waals surface area (Å²) in [6.07, 6.45) is 3.52. The molecule has 0 radical (unpaired) electrons. The second-order valence-electron chi connectivity index (χ2n) is 4.11. The molecule has 3 rings (SSSR count). The normalized spacial score (nSPS) is 10.5. The van der Waals surface area contributed by atoms with Gasteiger partial charge in [-0.05, 0) is 23.8 Å². The van der Waals surface area contributed by atoms with Gasteiger partial charge in [-0.1, -0.05) is 48.2 Å². The van der Waals surface area contributed by atoms with Crippen LogP contribution in [0.4, 0.5) is 0 Å². The highest BCUT2D eigenvalue weighted by Crippen LogP contribution is 2.33. The van der Waals surface area contributed by atoms with E-state index in [9.17, 15) is 0 Å². The lowest BCUT2D eigenvalue weighted by Crippen LogP contribution is -1.83. The van der Waals surface area contributed by atoms with E-state index in [1.807, 2.05) is 30.3 Å². The zero-order valence-electron chi connectivity index (χ0n) is 10.3. The molecule has 0 aliphatic carbocycles. The van der Waals surface area contributed by atoms with Gasteiger partial charge in [-0.3, -0.25) is 4.98 Å². The van der Waals surface area contributed by atoms with Crippen LogP contribution in [0.3, 0.4) is 0 Å². The third kappa shape index (κ3) is 2.88. The van der Waals surface area contributed by atoms with Crippen LogP contribution in [0.15, 0.2) is 76.6 Å². The molecular weight excluding hydrogens is 254 g/mol. The smallest absolute Gasteiger partial charge is 0.169 e. The van der Waals surface area contributed by atoms with Gasteiger partial charge in [0.1, 0.15) is 0 Å². The molecule has 0 bridgehead atoms. The van der Waals surface area contributed by atoms with Crippen LogP contribution in [-0.4, -0.2) is 4.98 Å². The van der Waals surface area contributed by atoms with Gasteiger partial charge in [-0.2, -0.15) is 0 Å². The average Bonchev–Trinajstić information content (AvgIpc) is 2.95. The number of furan rings is 1. The van der Waals surface area contributed by atoms with Gasteiger partial charge in [0.25, 0.3) is 0 Å². The molecule has 1 aromatic carbocycles. The van der Waals surface area contributed by atoms with E-state index in [0.717, 1.165) is 22.1 Å². The summed E-state index contributed by atoms with van der Waals surface area (Å²) < 4.78 is 5.56. The number of aromatic nitrogens is 1. The zero-order chi connectivity index (χ0) is 12.9. The lowest BCUT2D eigenvalue weighted by atomic mass is 10.2. The van der Waals surface area contributed by atoms with Crippen molar-refractivity contribution in [1.29, 1.82) is 0 Å². The van der Waals surface area contributed by atoms with E-state index in [0.29, 0.717) is 0 Å².